The van der Waals surface area contributed by atoms with Gasteiger partial charge in [-0.15, -0.1) is 0 Å². The summed E-state index contributed by atoms with van der Waals surface area (Å²) in [6.45, 7) is 5.13. The van der Waals surface area contributed by atoms with Crippen molar-refractivity contribution in [3.63, 3.8) is 0 Å². The van der Waals surface area contributed by atoms with E-state index in [0.717, 1.165) is 24.4 Å². The van der Waals surface area contributed by atoms with Crippen molar-refractivity contribution in [2.75, 3.05) is 6.54 Å². The second-order valence-corrected chi connectivity index (χ2v) is 5.64. The monoisotopic (exact) mass is 325 g/mol. The molecule has 1 aromatic carbocycles. The van der Waals surface area contributed by atoms with Crippen LogP contribution in [0.2, 0.25) is 10.0 Å². The highest BCUT2D eigenvalue weighted by Gasteiger charge is 2.09. The minimum absolute atomic E-state index is 0.0990. The van der Waals surface area contributed by atoms with E-state index in [2.05, 4.69) is 10.4 Å². The second-order valence-electron chi connectivity index (χ2n) is 4.82. The molecule has 0 saturated carbocycles. The zero-order valence-electron chi connectivity index (χ0n) is 12.0. The van der Waals surface area contributed by atoms with Crippen LogP contribution < -0.4 is 5.32 Å². The van der Waals surface area contributed by atoms with E-state index in [1.165, 1.54) is 0 Å². The van der Waals surface area contributed by atoms with Gasteiger partial charge in [0.1, 0.15) is 0 Å². The van der Waals surface area contributed by atoms with E-state index in [0.29, 0.717) is 22.2 Å². The molecule has 0 aliphatic heterocycles. The third-order valence-electron chi connectivity index (χ3n) is 3.23. The van der Waals surface area contributed by atoms with Gasteiger partial charge in [-0.3, -0.25) is 9.48 Å². The molecule has 0 aliphatic rings. The van der Waals surface area contributed by atoms with Gasteiger partial charge in [0.05, 0.1) is 16.4 Å². The van der Waals surface area contributed by atoms with Gasteiger partial charge in [0.25, 0.3) is 5.91 Å². The van der Waals surface area contributed by atoms with E-state index in [1.54, 1.807) is 24.3 Å². The first kappa shape index (κ1) is 15.9. The number of rotatable bonds is 5. The number of nitrogens with one attached hydrogen (secondary N) is 1. The number of aryl methyl sites for hydroxylation is 2. The lowest BCUT2D eigenvalue weighted by molar-refractivity contribution is 0.0952. The normalized spacial score (nSPS) is 10.7. The number of aromatic nitrogens is 2. The van der Waals surface area contributed by atoms with Crippen molar-refractivity contribution in [1.29, 1.82) is 0 Å². The van der Waals surface area contributed by atoms with E-state index in [1.807, 2.05) is 18.5 Å². The molecule has 0 unspecified atom stereocenters. The van der Waals surface area contributed by atoms with E-state index in [-0.39, 0.29) is 5.91 Å². The van der Waals surface area contributed by atoms with Gasteiger partial charge in [-0.1, -0.05) is 23.2 Å². The number of carbonyl (C=O) groups excluding carboxylic acids is 1. The minimum Gasteiger partial charge on any atom is -0.352 e. The highest BCUT2D eigenvalue weighted by Crippen LogP contribution is 2.18. The number of hydrogen-bond acceptors (Lipinski definition) is 2. The Balaban J connectivity index is 1.80. The van der Waals surface area contributed by atoms with Crippen LogP contribution in [0.15, 0.2) is 24.3 Å². The highest BCUT2D eigenvalue weighted by atomic mass is 35.5. The SMILES string of the molecule is Cc1nn(CCCNC(=O)c2ccc(Cl)cc2)c(C)c1Cl. The molecular formula is C15H17Cl2N3O. The lowest BCUT2D eigenvalue weighted by Gasteiger charge is -2.07. The van der Waals surface area contributed by atoms with Crippen LogP contribution in [-0.2, 0) is 6.54 Å². The number of carbonyl (C=O) groups is 1. The Morgan fingerprint density at radius 1 is 1.24 bits per heavy atom. The van der Waals surface area contributed by atoms with Crippen LogP contribution in [0, 0.1) is 13.8 Å². The summed E-state index contributed by atoms with van der Waals surface area (Å²) in [6, 6.07) is 6.82. The Hall–Kier alpha value is -1.52. The van der Waals surface area contributed by atoms with Crippen molar-refractivity contribution in [2.24, 2.45) is 0 Å². The van der Waals surface area contributed by atoms with Crippen molar-refractivity contribution in [1.82, 2.24) is 15.1 Å². The molecule has 0 aliphatic carbocycles. The van der Waals surface area contributed by atoms with Gasteiger partial charge in [0.15, 0.2) is 0 Å². The largest absolute Gasteiger partial charge is 0.352 e. The van der Waals surface area contributed by atoms with Crippen LogP contribution >= 0.6 is 23.2 Å². The molecular weight excluding hydrogens is 309 g/mol. The summed E-state index contributed by atoms with van der Waals surface area (Å²) in [5.74, 6) is -0.0990. The fraction of sp³-hybridized carbons (Fsp3) is 0.333. The number of hydrogen-bond donors (Lipinski definition) is 1. The molecule has 1 aromatic heterocycles. The number of amides is 1. The van der Waals surface area contributed by atoms with E-state index in [9.17, 15) is 4.79 Å². The molecule has 2 rings (SSSR count). The van der Waals surface area contributed by atoms with Crippen molar-refractivity contribution in [3.05, 3.63) is 51.3 Å². The summed E-state index contributed by atoms with van der Waals surface area (Å²) in [5.41, 5.74) is 2.39. The van der Waals surface area contributed by atoms with Crippen LogP contribution in [-0.4, -0.2) is 22.2 Å². The highest BCUT2D eigenvalue weighted by molar-refractivity contribution is 6.31. The molecule has 1 amide bonds. The van der Waals surface area contributed by atoms with Gasteiger partial charge in [0.2, 0.25) is 0 Å². The molecule has 21 heavy (non-hydrogen) atoms. The average Bonchev–Trinajstić information content (AvgIpc) is 2.71. The van der Waals surface area contributed by atoms with Crippen LogP contribution in [0.3, 0.4) is 0 Å². The Morgan fingerprint density at radius 2 is 1.90 bits per heavy atom. The molecule has 0 atom stereocenters. The molecule has 0 radical (unpaired) electrons. The van der Waals surface area contributed by atoms with Gasteiger partial charge in [-0.05, 0) is 44.5 Å². The first-order valence-corrected chi connectivity index (χ1v) is 7.48. The number of nitrogens with zero attached hydrogens (tertiary/aromatic N) is 2. The van der Waals surface area contributed by atoms with E-state index >= 15 is 0 Å². The fourth-order valence-corrected chi connectivity index (χ4v) is 2.29. The summed E-state index contributed by atoms with van der Waals surface area (Å²) in [4.78, 5) is 11.9. The maximum absolute atomic E-state index is 11.9. The lowest BCUT2D eigenvalue weighted by atomic mass is 10.2. The molecule has 112 valence electrons. The molecule has 0 fully saturated rings. The van der Waals surface area contributed by atoms with Crippen LogP contribution in [0.25, 0.3) is 0 Å². The molecule has 6 heteroatoms. The first-order chi connectivity index (χ1) is 9.99. The molecule has 0 saturated heterocycles. The fourth-order valence-electron chi connectivity index (χ4n) is 2.03. The van der Waals surface area contributed by atoms with E-state index < -0.39 is 0 Å². The topological polar surface area (TPSA) is 46.9 Å². The predicted octanol–water partition coefficient (Wildman–Crippen LogP) is 3.63. The molecule has 1 heterocycles. The third-order valence-corrected chi connectivity index (χ3v) is 4.03. The molecule has 1 N–H and O–H groups in total. The average molecular weight is 326 g/mol. The second kappa shape index (κ2) is 6.96. The Bertz CT molecular complexity index is 635. The zero-order valence-corrected chi connectivity index (χ0v) is 13.5. The van der Waals surface area contributed by atoms with Gasteiger partial charge in [-0.2, -0.15) is 5.10 Å². The van der Waals surface area contributed by atoms with Gasteiger partial charge in [-0.25, -0.2) is 0 Å². The van der Waals surface area contributed by atoms with Crippen molar-refractivity contribution < 1.29 is 4.79 Å². The van der Waals surface area contributed by atoms with Gasteiger partial charge in [0, 0.05) is 23.7 Å². The maximum Gasteiger partial charge on any atom is 0.251 e. The predicted molar refractivity (Wildman–Crippen MR) is 85.1 cm³/mol. The van der Waals surface area contributed by atoms with E-state index in [4.69, 9.17) is 23.2 Å². The smallest absolute Gasteiger partial charge is 0.251 e. The zero-order chi connectivity index (χ0) is 15.4. The Morgan fingerprint density at radius 3 is 2.48 bits per heavy atom. The molecule has 4 nitrogen and oxygen atoms in total. The Kier molecular flexibility index (Phi) is 5.26. The number of halogens is 2. The third kappa shape index (κ3) is 3.99. The first-order valence-electron chi connectivity index (χ1n) is 6.72. The summed E-state index contributed by atoms with van der Waals surface area (Å²) < 4.78 is 1.87. The Labute approximate surface area is 134 Å². The summed E-state index contributed by atoms with van der Waals surface area (Å²) in [5, 5.41) is 8.55. The van der Waals surface area contributed by atoms with Crippen LogP contribution in [0.4, 0.5) is 0 Å². The summed E-state index contributed by atoms with van der Waals surface area (Å²) in [7, 11) is 0. The standard InChI is InChI=1S/C15H17Cl2N3O/c1-10-14(17)11(2)20(19-10)9-3-8-18-15(21)12-4-6-13(16)7-5-12/h4-7H,3,8-9H2,1-2H3,(H,18,21). The van der Waals surface area contributed by atoms with Crippen molar-refractivity contribution >= 4 is 29.1 Å². The van der Waals surface area contributed by atoms with Crippen molar-refractivity contribution in [2.45, 2.75) is 26.8 Å². The molecule has 0 bridgehead atoms. The van der Waals surface area contributed by atoms with Crippen LogP contribution in [0.1, 0.15) is 28.2 Å². The lowest BCUT2D eigenvalue weighted by Crippen LogP contribution is -2.25. The van der Waals surface area contributed by atoms with Gasteiger partial charge < -0.3 is 5.32 Å². The van der Waals surface area contributed by atoms with Crippen molar-refractivity contribution in [3.8, 4) is 0 Å². The minimum atomic E-state index is -0.0990. The number of benzene rings is 1. The van der Waals surface area contributed by atoms with Crippen LogP contribution in [0.5, 0.6) is 0 Å². The maximum atomic E-state index is 11.9. The summed E-state index contributed by atoms with van der Waals surface area (Å²) in [6.07, 6.45) is 0.789. The molecule has 0 spiro atoms. The quantitative estimate of drug-likeness (QED) is 0.853. The summed E-state index contributed by atoms with van der Waals surface area (Å²) >= 11 is 11.9. The van der Waals surface area contributed by atoms with Gasteiger partial charge >= 0.3 is 0 Å². The molecule has 2 aromatic rings.